The van der Waals surface area contributed by atoms with Crippen LogP contribution in [0, 0.1) is 6.92 Å². The van der Waals surface area contributed by atoms with Crippen LogP contribution in [0.25, 0.3) is 0 Å². The third-order valence-electron chi connectivity index (χ3n) is 2.02. The van der Waals surface area contributed by atoms with Gasteiger partial charge in [0.15, 0.2) is 0 Å². The maximum Gasteiger partial charge on any atom is 0.224 e. The molecule has 17 heavy (non-hydrogen) atoms. The zero-order valence-electron chi connectivity index (χ0n) is 10.5. The average molecular weight is 258 g/mol. The number of nitrogens with zero attached hydrogens (tertiary/aromatic N) is 2. The molecule has 1 heterocycles. The minimum atomic E-state index is -2.99. The SMILES string of the molecule is CNc1nc(C)cc(NC(C)CS(C)(=O)=O)n1. The number of rotatable bonds is 5. The van der Waals surface area contributed by atoms with Crippen molar-refractivity contribution in [1.82, 2.24) is 9.97 Å². The maximum absolute atomic E-state index is 11.1. The maximum atomic E-state index is 11.1. The topological polar surface area (TPSA) is 84.0 Å². The van der Waals surface area contributed by atoms with Crippen molar-refractivity contribution in [1.29, 1.82) is 0 Å². The van der Waals surface area contributed by atoms with E-state index in [4.69, 9.17) is 0 Å². The second-order valence-electron chi connectivity index (χ2n) is 4.11. The van der Waals surface area contributed by atoms with Crippen molar-refractivity contribution < 1.29 is 8.42 Å². The highest BCUT2D eigenvalue weighted by Gasteiger charge is 2.11. The van der Waals surface area contributed by atoms with Crippen LogP contribution in [0.3, 0.4) is 0 Å². The van der Waals surface area contributed by atoms with Gasteiger partial charge in [-0.05, 0) is 13.8 Å². The first-order valence-corrected chi connectivity index (χ1v) is 7.34. The van der Waals surface area contributed by atoms with Crippen molar-refractivity contribution in [2.75, 3.05) is 29.7 Å². The van der Waals surface area contributed by atoms with Crippen LogP contribution in [0.15, 0.2) is 6.07 Å². The monoisotopic (exact) mass is 258 g/mol. The average Bonchev–Trinajstić information content (AvgIpc) is 2.13. The number of hydrogen-bond acceptors (Lipinski definition) is 6. The smallest absolute Gasteiger partial charge is 0.224 e. The van der Waals surface area contributed by atoms with Gasteiger partial charge in [-0.15, -0.1) is 0 Å². The quantitative estimate of drug-likeness (QED) is 0.807. The third-order valence-corrected chi connectivity index (χ3v) is 3.13. The number of aromatic nitrogens is 2. The standard InChI is InChI=1S/C10H18N4O2S/c1-7-5-9(14-10(11-3)13-7)12-8(2)6-17(4,15)16/h5,8H,6H2,1-4H3,(H2,11,12,13,14). The van der Waals surface area contributed by atoms with Gasteiger partial charge in [0.2, 0.25) is 5.95 Å². The van der Waals surface area contributed by atoms with Crippen LogP contribution >= 0.6 is 0 Å². The molecule has 0 saturated heterocycles. The largest absolute Gasteiger partial charge is 0.366 e. The molecular weight excluding hydrogens is 240 g/mol. The summed E-state index contributed by atoms with van der Waals surface area (Å²) in [6.45, 7) is 3.66. The minimum absolute atomic E-state index is 0.0743. The van der Waals surface area contributed by atoms with Crippen molar-refractivity contribution in [3.63, 3.8) is 0 Å². The Labute approximate surface area is 102 Å². The van der Waals surface area contributed by atoms with Gasteiger partial charge in [0.25, 0.3) is 0 Å². The van der Waals surface area contributed by atoms with Crippen molar-refractivity contribution in [2.45, 2.75) is 19.9 Å². The highest BCUT2D eigenvalue weighted by atomic mass is 32.2. The van der Waals surface area contributed by atoms with E-state index in [0.717, 1.165) is 5.69 Å². The Morgan fingerprint density at radius 1 is 1.41 bits per heavy atom. The van der Waals surface area contributed by atoms with E-state index >= 15 is 0 Å². The minimum Gasteiger partial charge on any atom is -0.366 e. The molecule has 6 nitrogen and oxygen atoms in total. The van der Waals surface area contributed by atoms with E-state index < -0.39 is 9.84 Å². The summed E-state index contributed by atoms with van der Waals surface area (Å²) < 4.78 is 22.3. The molecule has 1 rings (SSSR count). The second kappa shape index (κ2) is 5.31. The molecule has 96 valence electrons. The van der Waals surface area contributed by atoms with Gasteiger partial charge in [-0.25, -0.2) is 13.4 Å². The summed E-state index contributed by atoms with van der Waals surface area (Å²) in [6, 6.07) is 1.59. The van der Waals surface area contributed by atoms with Gasteiger partial charge in [-0.1, -0.05) is 0 Å². The van der Waals surface area contributed by atoms with Crippen LogP contribution in [-0.2, 0) is 9.84 Å². The predicted molar refractivity (Wildman–Crippen MR) is 69.1 cm³/mol. The number of aryl methyl sites for hydroxylation is 1. The van der Waals surface area contributed by atoms with Crippen LogP contribution in [0.4, 0.5) is 11.8 Å². The van der Waals surface area contributed by atoms with Gasteiger partial charge in [-0.3, -0.25) is 0 Å². The van der Waals surface area contributed by atoms with Crippen molar-refractivity contribution in [3.05, 3.63) is 11.8 Å². The first kappa shape index (κ1) is 13.7. The fraction of sp³-hybridized carbons (Fsp3) is 0.600. The highest BCUT2D eigenvalue weighted by Crippen LogP contribution is 2.10. The van der Waals surface area contributed by atoms with E-state index in [1.807, 2.05) is 6.92 Å². The summed E-state index contributed by atoms with van der Waals surface area (Å²) in [5.74, 6) is 1.21. The molecule has 2 N–H and O–H groups in total. The van der Waals surface area contributed by atoms with Crippen LogP contribution < -0.4 is 10.6 Å². The molecule has 0 radical (unpaired) electrons. The predicted octanol–water partition coefficient (Wildman–Crippen LogP) is 0.672. The van der Waals surface area contributed by atoms with Crippen molar-refractivity contribution >= 4 is 21.6 Å². The molecule has 7 heteroatoms. The van der Waals surface area contributed by atoms with Crippen LogP contribution in [0.5, 0.6) is 0 Å². The normalized spacial score (nSPS) is 13.2. The van der Waals surface area contributed by atoms with Gasteiger partial charge >= 0.3 is 0 Å². The summed E-state index contributed by atoms with van der Waals surface area (Å²) in [4.78, 5) is 8.35. The number of hydrogen-bond donors (Lipinski definition) is 2. The van der Waals surface area contributed by atoms with Gasteiger partial charge < -0.3 is 10.6 Å². The van der Waals surface area contributed by atoms with Crippen LogP contribution in [0.1, 0.15) is 12.6 Å². The molecule has 0 spiro atoms. The Bertz CT molecular complexity index is 487. The highest BCUT2D eigenvalue weighted by molar-refractivity contribution is 7.90. The van der Waals surface area contributed by atoms with E-state index in [9.17, 15) is 8.42 Å². The van der Waals surface area contributed by atoms with Gasteiger partial charge in [0, 0.05) is 31.1 Å². The molecule has 0 aliphatic carbocycles. The number of anilines is 2. The summed E-state index contributed by atoms with van der Waals surface area (Å²) in [5, 5.41) is 5.89. The van der Waals surface area contributed by atoms with E-state index in [0.29, 0.717) is 11.8 Å². The lowest BCUT2D eigenvalue weighted by Crippen LogP contribution is -2.25. The Hall–Kier alpha value is -1.37. The van der Waals surface area contributed by atoms with Gasteiger partial charge in [-0.2, -0.15) is 4.98 Å². The molecular formula is C10H18N4O2S. The Morgan fingerprint density at radius 3 is 2.59 bits per heavy atom. The van der Waals surface area contributed by atoms with Gasteiger partial charge in [0.05, 0.1) is 5.75 Å². The zero-order chi connectivity index (χ0) is 13.1. The zero-order valence-corrected chi connectivity index (χ0v) is 11.3. The van der Waals surface area contributed by atoms with Crippen molar-refractivity contribution in [3.8, 4) is 0 Å². The fourth-order valence-electron chi connectivity index (χ4n) is 1.50. The molecule has 0 aliphatic heterocycles. The first-order chi connectivity index (χ1) is 7.80. The lowest BCUT2D eigenvalue weighted by atomic mass is 10.3. The third kappa shape index (κ3) is 4.99. The number of sulfone groups is 1. The van der Waals surface area contributed by atoms with Crippen LogP contribution in [-0.4, -0.2) is 43.5 Å². The Kier molecular flexibility index (Phi) is 4.28. The van der Waals surface area contributed by atoms with E-state index in [2.05, 4.69) is 20.6 Å². The summed E-state index contributed by atoms with van der Waals surface area (Å²) >= 11 is 0. The van der Waals surface area contributed by atoms with Crippen molar-refractivity contribution in [2.24, 2.45) is 0 Å². The lowest BCUT2D eigenvalue weighted by molar-refractivity contribution is 0.598. The molecule has 1 unspecified atom stereocenters. The molecule has 0 fully saturated rings. The fourth-order valence-corrected chi connectivity index (χ4v) is 2.49. The lowest BCUT2D eigenvalue weighted by Gasteiger charge is -2.14. The molecule has 1 atom stereocenters. The molecule has 0 bridgehead atoms. The summed E-state index contributed by atoms with van der Waals surface area (Å²) in [7, 11) is -1.26. The molecule has 0 amide bonds. The summed E-state index contributed by atoms with van der Waals surface area (Å²) in [5.41, 5.74) is 0.818. The number of nitrogens with one attached hydrogen (secondary N) is 2. The second-order valence-corrected chi connectivity index (χ2v) is 6.29. The molecule has 0 saturated carbocycles. The van der Waals surface area contributed by atoms with Crippen LogP contribution in [0.2, 0.25) is 0 Å². The Balaban J connectivity index is 2.77. The summed E-state index contributed by atoms with van der Waals surface area (Å²) in [6.07, 6.45) is 1.22. The first-order valence-electron chi connectivity index (χ1n) is 5.28. The molecule has 0 aliphatic rings. The van der Waals surface area contributed by atoms with E-state index in [1.54, 1.807) is 20.0 Å². The van der Waals surface area contributed by atoms with E-state index in [1.165, 1.54) is 6.26 Å². The molecule has 1 aromatic rings. The molecule has 0 aromatic carbocycles. The molecule has 1 aromatic heterocycles. The Morgan fingerprint density at radius 2 is 2.06 bits per heavy atom. The van der Waals surface area contributed by atoms with E-state index in [-0.39, 0.29) is 11.8 Å². The van der Waals surface area contributed by atoms with Gasteiger partial charge in [0.1, 0.15) is 15.7 Å².